The van der Waals surface area contributed by atoms with E-state index in [1.54, 1.807) is 0 Å². The molecule has 5 atom stereocenters. The van der Waals surface area contributed by atoms with Crippen molar-refractivity contribution in [3.63, 3.8) is 0 Å². The summed E-state index contributed by atoms with van der Waals surface area (Å²) in [6, 6.07) is 0. The third-order valence-electron chi connectivity index (χ3n) is 3.83. The molecule has 58 valence electrons. The predicted molar refractivity (Wildman–Crippen MR) is 46.0 cm³/mol. The van der Waals surface area contributed by atoms with Gasteiger partial charge in [0.1, 0.15) is 0 Å². The zero-order chi connectivity index (χ0) is 7.42. The van der Waals surface area contributed by atoms with E-state index < -0.39 is 0 Å². The Morgan fingerprint density at radius 2 is 1.82 bits per heavy atom. The van der Waals surface area contributed by atoms with Crippen LogP contribution in [0.4, 0.5) is 0 Å². The van der Waals surface area contributed by atoms with Gasteiger partial charge in [0.15, 0.2) is 0 Å². The van der Waals surface area contributed by atoms with Gasteiger partial charge in [-0.3, -0.25) is 0 Å². The van der Waals surface area contributed by atoms with Gasteiger partial charge in [-0.25, -0.2) is 0 Å². The van der Waals surface area contributed by atoms with E-state index in [9.17, 15) is 0 Å². The topological polar surface area (TPSA) is 0 Å². The van der Waals surface area contributed by atoms with Gasteiger partial charge >= 0.3 is 0 Å². The Balaban J connectivity index is 2.02. The summed E-state index contributed by atoms with van der Waals surface area (Å²) in [5, 5.41) is 0. The quantitative estimate of drug-likeness (QED) is 0.461. The van der Waals surface area contributed by atoms with Crippen LogP contribution in [0.25, 0.3) is 0 Å². The Morgan fingerprint density at radius 3 is 2.64 bits per heavy atom. The summed E-state index contributed by atoms with van der Waals surface area (Å²) < 4.78 is 0. The zero-order valence-corrected chi connectivity index (χ0v) is 6.90. The second-order valence-electron chi connectivity index (χ2n) is 4.35. The first kappa shape index (κ1) is 6.05. The van der Waals surface area contributed by atoms with E-state index in [0.717, 1.165) is 29.6 Å². The van der Waals surface area contributed by atoms with Crippen LogP contribution >= 0.6 is 0 Å². The third kappa shape index (κ3) is 0.610. The lowest BCUT2D eigenvalue weighted by atomic mass is 9.81. The van der Waals surface area contributed by atoms with Crippen LogP contribution in [-0.4, -0.2) is 0 Å². The minimum absolute atomic E-state index is 0.847. The standard InChI is InChI=1S/C11H14/c1-7-2-5-10-8-3-4-9(6-8)11(7)10/h2-5,7-11H,6H2,1H3/t7-,8+,9+,10+,11-/m1/s1. The lowest BCUT2D eigenvalue weighted by Gasteiger charge is -2.23. The minimum Gasteiger partial charge on any atom is -0.0851 e. The van der Waals surface area contributed by atoms with E-state index in [1.165, 1.54) is 6.42 Å². The van der Waals surface area contributed by atoms with Crippen molar-refractivity contribution in [1.82, 2.24) is 0 Å². The second-order valence-corrected chi connectivity index (χ2v) is 4.35. The Kier molecular flexibility index (Phi) is 0.988. The van der Waals surface area contributed by atoms with Crippen LogP contribution in [0, 0.1) is 29.6 Å². The molecule has 0 radical (unpaired) electrons. The smallest absolute Gasteiger partial charge is 0.0131 e. The molecule has 0 aromatic heterocycles. The van der Waals surface area contributed by atoms with Crippen LogP contribution in [0.1, 0.15) is 13.3 Å². The van der Waals surface area contributed by atoms with Gasteiger partial charge in [-0.05, 0) is 36.0 Å². The van der Waals surface area contributed by atoms with Crippen LogP contribution in [0.15, 0.2) is 24.3 Å². The van der Waals surface area contributed by atoms with Gasteiger partial charge in [-0.2, -0.15) is 0 Å². The molecule has 0 heterocycles. The maximum absolute atomic E-state index is 2.46. The van der Waals surface area contributed by atoms with Crippen LogP contribution in [-0.2, 0) is 0 Å². The van der Waals surface area contributed by atoms with Gasteiger partial charge < -0.3 is 0 Å². The van der Waals surface area contributed by atoms with E-state index >= 15 is 0 Å². The lowest BCUT2D eigenvalue weighted by Crippen LogP contribution is -2.18. The molecule has 0 nitrogen and oxygen atoms in total. The first-order valence-electron chi connectivity index (χ1n) is 4.73. The molecule has 0 amide bonds. The van der Waals surface area contributed by atoms with Gasteiger partial charge in [0, 0.05) is 0 Å². The van der Waals surface area contributed by atoms with Crippen molar-refractivity contribution >= 4 is 0 Å². The maximum atomic E-state index is 2.46. The average molecular weight is 146 g/mol. The molecule has 0 aromatic carbocycles. The van der Waals surface area contributed by atoms with Crippen molar-refractivity contribution in [2.24, 2.45) is 29.6 Å². The molecule has 0 aliphatic heterocycles. The SMILES string of the molecule is C[C@@H]1C=C[C@@H]2[C@H]1[C@H]1C=C[C@H]2C1. The average Bonchev–Trinajstić information content (AvgIpc) is 2.60. The van der Waals surface area contributed by atoms with E-state index in [1.807, 2.05) is 0 Å². The molecular formula is C11H14. The summed E-state index contributed by atoms with van der Waals surface area (Å²) in [6.45, 7) is 2.37. The summed E-state index contributed by atoms with van der Waals surface area (Å²) in [5.74, 6) is 4.58. The lowest BCUT2D eigenvalue weighted by molar-refractivity contribution is 0.326. The van der Waals surface area contributed by atoms with E-state index in [2.05, 4.69) is 31.2 Å². The maximum Gasteiger partial charge on any atom is -0.0131 e. The monoisotopic (exact) mass is 146 g/mol. The van der Waals surface area contributed by atoms with Gasteiger partial charge in [0.05, 0.1) is 0 Å². The van der Waals surface area contributed by atoms with Crippen LogP contribution in [0.5, 0.6) is 0 Å². The fourth-order valence-corrected chi connectivity index (χ4v) is 3.34. The molecule has 3 rings (SSSR count). The summed E-state index contributed by atoms with van der Waals surface area (Å²) in [6.07, 6.45) is 11.2. The molecule has 0 aromatic rings. The first-order valence-corrected chi connectivity index (χ1v) is 4.73. The van der Waals surface area contributed by atoms with Crippen molar-refractivity contribution in [3.8, 4) is 0 Å². The first-order chi connectivity index (χ1) is 5.36. The zero-order valence-electron chi connectivity index (χ0n) is 6.90. The highest BCUT2D eigenvalue weighted by Gasteiger charge is 2.47. The Labute approximate surface area is 68.0 Å². The molecule has 1 fully saturated rings. The number of hydrogen-bond acceptors (Lipinski definition) is 0. The van der Waals surface area contributed by atoms with Crippen LogP contribution in [0.3, 0.4) is 0 Å². The summed E-state index contributed by atoms with van der Waals surface area (Å²) in [4.78, 5) is 0. The highest BCUT2D eigenvalue weighted by molar-refractivity contribution is 5.23. The normalized spacial score (nSPS) is 57.4. The predicted octanol–water partition coefficient (Wildman–Crippen LogP) is 2.63. The van der Waals surface area contributed by atoms with E-state index in [0.29, 0.717) is 0 Å². The van der Waals surface area contributed by atoms with Crippen molar-refractivity contribution in [2.45, 2.75) is 13.3 Å². The minimum atomic E-state index is 0.847. The number of allylic oxidation sites excluding steroid dienone is 4. The fourth-order valence-electron chi connectivity index (χ4n) is 3.34. The van der Waals surface area contributed by atoms with Crippen molar-refractivity contribution in [3.05, 3.63) is 24.3 Å². The van der Waals surface area contributed by atoms with Crippen molar-refractivity contribution in [1.29, 1.82) is 0 Å². The summed E-state index contributed by atoms with van der Waals surface area (Å²) in [7, 11) is 0. The molecular weight excluding hydrogens is 132 g/mol. The van der Waals surface area contributed by atoms with Gasteiger partial charge in [-0.15, -0.1) is 0 Å². The van der Waals surface area contributed by atoms with E-state index in [-0.39, 0.29) is 0 Å². The van der Waals surface area contributed by atoms with Gasteiger partial charge in [0.2, 0.25) is 0 Å². The molecule has 3 aliphatic carbocycles. The summed E-state index contributed by atoms with van der Waals surface area (Å²) in [5.41, 5.74) is 0. The van der Waals surface area contributed by atoms with Gasteiger partial charge in [0.25, 0.3) is 0 Å². The molecule has 0 N–H and O–H groups in total. The largest absolute Gasteiger partial charge is 0.0851 e. The molecule has 1 saturated carbocycles. The van der Waals surface area contributed by atoms with Crippen molar-refractivity contribution in [2.75, 3.05) is 0 Å². The highest BCUT2D eigenvalue weighted by Crippen LogP contribution is 2.54. The molecule has 0 spiro atoms. The molecule has 0 saturated heterocycles. The Hall–Kier alpha value is -0.520. The number of hydrogen-bond donors (Lipinski definition) is 0. The van der Waals surface area contributed by atoms with Crippen molar-refractivity contribution < 1.29 is 0 Å². The molecule has 3 aliphatic rings. The fraction of sp³-hybridized carbons (Fsp3) is 0.636. The van der Waals surface area contributed by atoms with Gasteiger partial charge in [-0.1, -0.05) is 31.2 Å². The molecule has 0 heteroatoms. The van der Waals surface area contributed by atoms with E-state index in [4.69, 9.17) is 0 Å². The second kappa shape index (κ2) is 1.80. The number of rotatable bonds is 0. The van der Waals surface area contributed by atoms with Crippen LogP contribution in [0.2, 0.25) is 0 Å². The number of fused-ring (bicyclic) bond motifs is 5. The summed E-state index contributed by atoms with van der Waals surface area (Å²) >= 11 is 0. The third-order valence-corrected chi connectivity index (χ3v) is 3.83. The highest BCUT2D eigenvalue weighted by atomic mass is 14.5. The Morgan fingerprint density at radius 1 is 1.00 bits per heavy atom. The molecule has 11 heavy (non-hydrogen) atoms. The van der Waals surface area contributed by atoms with Crippen LogP contribution < -0.4 is 0 Å². The molecule has 2 bridgehead atoms. The molecule has 0 unspecified atom stereocenters. The Bertz CT molecular complexity index is 236.